The van der Waals surface area contributed by atoms with Crippen molar-refractivity contribution < 1.29 is 4.79 Å². The van der Waals surface area contributed by atoms with Gasteiger partial charge in [-0.1, -0.05) is 17.7 Å². The summed E-state index contributed by atoms with van der Waals surface area (Å²) in [6.07, 6.45) is 0. The van der Waals surface area contributed by atoms with Gasteiger partial charge < -0.3 is 10.2 Å². The summed E-state index contributed by atoms with van der Waals surface area (Å²) in [4.78, 5) is 27.3. The number of anilines is 2. The lowest BCUT2D eigenvalue weighted by molar-refractivity contribution is 0.102. The van der Waals surface area contributed by atoms with Gasteiger partial charge in [0.1, 0.15) is 0 Å². The van der Waals surface area contributed by atoms with Crippen LogP contribution in [0.15, 0.2) is 41.2 Å². The van der Waals surface area contributed by atoms with Gasteiger partial charge >= 0.3 is 5.69 Å². The van der Waals surface area contributed by atoms with Crippen molar-refractivity contribution in [2.75, 3.05) is 23.3 Å². The van der Waals surface area contributed by atoms with Crippen LogP contribution in [0.4, 0.5) is 11.4 Å². The van der Waals surface area contributed by atoms with Gasteiger partial charge in [0.25, 0.3) is 5.91 Å². The zero-order chi connectivity index (χ0) is 19.7. The second-order valence-corrected chi connectivity index (χ2v) is 6.75. The van der Waals surface area contributed by atoms with Gasteiger partial charge in [-0.15, -0.1) is 0 Å². The normalized spacial score (nSPS) is 11.0. The molecule has 6 nitrogen and oxygen atoms in total. The van der Waals surface area contributed by atoms with E-state index in [-0.39, 0.29) is 11.6 Å². The minimum Gasteiger partial charge on any atom is -0.370 e. The number of carbonyl (C=O) groups is 1. The van der Waals surface area contributed by atoms with E-state index >= 15 is 0 Å². The first kappa shape index (κ1) is 18.8. The molecule has 0 saturated heterocycles. The highest BCUT2D eigenvalue weighted by Gasteiger charge is 2.17. The van der Waals surface area contributed by atoms with Crippen LogP contribution in [0, 0.1) is 6.92 Å². The van der Waals surface area contributed by atoms with Crippen LogP contribution in [0.25, 0.3) is 11.0 Å². The Kier molecular flexibility index (Phi) is 5.08. The molecule has 0 spiro atoms. The predicted molar refractivity (Wildman–Crippen MR) is 111 cm³/mol. The zero-order valence-electron chi connectivity index (χ0n) is 16.5. The quantitative estimate of drug-likeness (QED) is 0.754. The highest BCUT2D eigenvalue weighted by Crippen LogP contribution is 2.31. The van der Waals surface area contributed by atoms with Crippen molar-refractivity contribution in [2.45, 2.75) is 20.8 Å². The molecule has 0 atom stereocenters. The number of fused-ring (bicyclic) bond motifs is 1. The summed E-state index contributed by atoms with van der Waals surface area (Å²) in [6, 6.07) is 11.4. The molecule has 3 rings (SSSR count). The lowest BCUT2D eigenvalue weighted by Crippen LogP contribution is -2.24. The summed E-state index contributed by atoms with van der Waals surface area (Å²) in [7, 11) is 3.51. The van der Waals surface area contributed by atoms with Gasteiger partial charge in [-0.05, 0) is 45.0 Å². The molecule has 1 aromatic heterocycles. The molecule has 0 aliphatic heterocycles. The van der Waals surface area contributed by atoms with Gasteiger partial charge in [0.15, 0.2) is 0 Å². The first-order valence-electron chi connectivity index (χ1n) is 9.19. The van der Waals surface area contributed by atoms with Gasteiger partial charge in [-0.25, -0.2) is 4.79 Å². The number of rotatable bonds is 5. The average molecular weight is 366 g/mol. The third-order valence-electron chi connectivity index (χ3n) is 5.02. The monoisotopic (exact) mass is 366 g/mol. The maximum atomic E-state index is 12.8. The van der Waals surface area contributed by atoms with Crippen molar-refractivity contribution in [3.63, 3.8) is 0 Å². The Morgan fingerprint density at radius 1 is 1.04 bits per heavy atom. The summed E-state index contributed by atoms with van der Waals surface area (Å²) >= 11 is 0. The third kappa shape index (κ3) is 3.35. The number of benzene rings is 2. The van der Waals surface area contributed by atoms with Crippen LogP contribution in [-0.2, 0) is 14.1 Å². The number of aromatic nitrogens is 2. The first-order chi connectivity index (χ1) is 12.9. The molecule has 0 saturated carbocycles. The second kappa shape index (κ2) is 7.31. The molecule has 0 aliphatic rings. The van der Waals surface area contributed by atoms with Crippen LogP contribution in [0.1, 0.15) is 29.8 Å². The smallest absolute Gasteiger partial charge is 0.328 e. The minimum absolute atomic E-state index is 0.0855. The fraction of sp³-hybridized carbons (Fsp3) is 0.333. The Balaban J connectivity index is 2.14. The molecule has 27 heavy (non-hydrogen) atoms. The molecule has 0 aliphatic carbocycles. The summed E-state index contributed by atoms with van der Waals surface area (Å²) < 4.78 is 3.23. The molecule has 1 heterocycles. The Morgan fingerprint density at radius 3 is 2.26 bits per heavy atom. The Hall–Kier alpha value is -3.02. The molecular formula is C21H26N4O2. The number of aryl methyl sites for hydroxylation is 3. The zero-order valence-corrected chi connectivity index (χ0v) is 16.5. The largest absolute Gasteiger partial charge is 0.370 e. The Morgan fingerprint density at radius 2 is 1.67 bits per heavy atom. The minimum atomic E-state index is -0.160. The highest BCUT2D eigenvalue weighted by atomic mass is 16.2. The van der Waals surface area contributed by atoms with Crippen LogP contribution >= 0.6 is 0 Å². The molecule has 3 aromatic rings. The maximum Gasteiger partial charge on any atom is 0.328 e. The Bertz CT molecular complexity index is 1060. The SMILES string of the molecule is CCN(CC)c1cc2c(cc1NC(=O)c1cccc(C)c1)n(C)c(=O)n2C. The van der Waals surface area contributed by atoms with E-state index < -0.39 is 0 Å². The molecule has 0 unspecified atom stereocenters. The number of imidazole rings is 1. The van der Waals surface area contributed by atoms with E-state index in [4.69, 9.17) is 0 Å². The molecule has 0 fully saturated rings. The van der Waals surface area contributed by atoms with Crippen LogP contribution in [-0.4, -0.2) is 28.1 Å². The molecule has 1 N–H and O–H groups in total. The maximum absolute atomic E-state index is 12.8. The van der Waals surface area contributed by atoms with E-state index in [2.05, 4.69) is 24.1 Å². The van der Waals surface area contributed by atoms with E-state index in [0.29, 0.717) is 11.3 Å². The number of hydrogen-bond donors (Lipinski definition) is 1. The van der Waals surface area contributed by atoms with Crippen molar-refractivity contribution in [3.05, 3.63) is 58.0 Å². The molecule has 6 heteroatoms. The number of hydrogen-bond acceptors (Lipinski definition) is 3. The first-order valence-corrected chi connectivity index (χ1v) is 9.19. The second-order valence-electron chi connectivity index (χ2n) is 6.75. The van der Waals surface area contributed by atoms with E-state index in [1.807, 2.05) is 37.3 Å². The van der Waals surface area contributed by atoms with Gasteiger partial charge in [0.2, 0.25) is 0 Å². The summed E-state index contributed by atoms with van der Waals surface area (Å²) in [5.41, 5.74) is 4.82. The van der Waals surface area contributed by atoms with E-state index in [1.54, 1.807) is 29.3 Å². The molecule has 2 aromatic carbocycles. The van der Waals surface area contributed by atoms with Crippen LogP contribution in [0.5, 0.6) is 0 Å². The number of amides is 1. The average Bonchev–Trinajstić information content (AvgIpc) is 2.87. The summed E-state index contributed by atoms with van der Waals surface area (Å²) in [5, 5.41) is 3.05. The predicted octanol–water partition coefficient (Wildman–Crippen LogP) is 3.28. The molecule has 0 radical (unpaired) electrons. The van der Waals surface area contributed by atoms with Crippen molar-refractivity contribution in [2.24, 2.45) is 14.1 Å². The summed E-state index contributed by atoms with van der Waals surface area (Å²) in [5.74, 6) is -0.160. The van der Waals surface area contributed by atoms with Crippen LogP contribution in [0.3, 0.4) is 0 Å². The van der Waals surface area contributed by atoms with E-state index in [1.165, 1.54) is 0 Å². The number of carbonyl (C=O) groups excluding carboxylic acids is 1. The van der Waals surface area contributed by atoms with Crippen LogP contribution < -0.4 is 15.9 Å². The lowest BCUT2D eigenvalue weighted by atomic mass is 10.1. The third-order valence-corrected chi connectivity index (χ3v) is 5.02. The molecule has 1 amide bonds. The number of nitrogens with one attached hydrogen (secondary N) is 1. The number of nitrogens with zero attached hydrogens (tertiary/aromatic N) is 3. The van der Waals surface area contributed by atoms with Crippen molar-refractivity contribution >= 4 is 28.3 Å². The van der Waals surface area contributed by atoms with Gasteiger partial charge in [0.05, 0.1) is 22.4 Å². The summed E-state index contributed by atoms with van der Waals surface area (Å²) in [6.45, 7) is 7.71. The van der Waals surface area contributed by atoms with Gasteiger partial charge in [-0.3, -0.25) is 13.9 Å². The van der Waals surface area contributed by atoms with Crippen LogP contribution in [0.2, 0.25) is 0 Å². The Labute approximate surface area is 159 Å². The lowest BCUT2D eigenvalue weighted by Gasteiger charge is -2.24. The fourth-order valence-electron chi connectivity index (χ4n) is 3.44. The molecule has 142 valence electrons. The molecule has 0 bridgehead atoms. The van der Waals surface area contributed by atoms with Crippen molar-refractivity contribution in [1.82, 2.24) is 9.13 Å². The van der Waals surface area contributed by atoms with E-state index in [9.17, 15) is 9.59 Å². The van der Waals surface area contributed by atoms with Gasteiger partial charge in [0, 0.05) is 32.7 Å². The van der Waals surface area contributed by atoms with E-state index in [0.717, 1.165) is 35.4 Å². The fourth-order valence-corrected chi connectivity index (χ4v) is 3.44. The standard InChI is InChI=1S/C21H26N4O2/c1-6-25(7-2)17-13-19-18(23(4)21(27)24(19)5)12-16(17)22-20(26)15-10-8-9-14(3)11-15/h8-13H,6-7H2,1-5H3,(H,22,26). The van der Waals surface area contributed by atoms with Crippen molar-refractivity contribution in [1.29, 1.82) is 0 Å². The van der Waals surface area contributed by atoms with Crippen molar-refractivity contribution in [3.8, 4) is 0 Å². The highest BCUT2D eigenvalue weighted by molar-refractivity contribution is 6.07. The van der Waals surface area contributed by atoms with Gasteiger partial charge in [-0.2, -0.15) is 0 Å². The topological polar surface area (TPSA) is 59.3 Å². The molecular weight excluding hydrogens is 340 g/mol.